The van der Waals surface area contributed by atoms with Gasteiger partial charge in [0, 0.05) is 5.56 Å². The van der Waals surface area contributed by atoms with Gasteiger partial charge in [-0.15, -0.1) is 0 Å². The van der Waals surface area contributed by atoms with E-state index in [1.54, 1.807) is 13.0 Å². The predicted molar refractivity (Wildman–Crippen MR) is 49.2 cm³/mol. The molecule has 13 heavy (non-hydrogen) atoms. The number of carboxylic acid groups (broad SMARTS) is 1. The van der Waals surface area contributed by atoms with Crippen LogP contribution in [0.25, 0.3) is 0 Å². The molecule has 0 unspecified atom stereocenters. The van der Waals surface area contributed by atoms with E-state index in [-0.39, 0.29) is 11.4 Å². The number of aryl methyl sites for hydroxylation is 1. The molecule has 4 heteroatoms. The summed E-state index contributed by atoms with van der Waals surface area (Å²) in [7, 11) is 0. The van der Waals surface area contributed by atoms with E-state index in [1.165, 1.54) is 12.1 Å². The minimum Gasteiger partial charge on any atom is -0.478 e. The summed E-state index contributed by atoms with van der Waals surface area (Å²) in [5, 5.41) is 15.9. The first kappa shape index (κ1) is 9.25. The van der Waals surface area contributed by atoms with Crippen molar-refractivity contribution in [3.63, 3.8) is 0 Å². The molecule has 1 rings (SSSR count). The summed E-state index contributed by atoms with van der Waals surface area (Å²) in [5.41, 5.74) is 6.64. The van der Waals surface area contributed by atoms with Crippen LogP contribution >= 0.6 is 0 Å². The van der Waals surface area contributed by atoms with Gasteiger partial charge in [-0.2, -0.15) is 0 Å². The molecule has 0 bridgehead atoms. The number of benzene rings is 1. The zero-order valence-corrected chi connectivity index (χ0v) is 7.16. The zero-order valence-electron chi connectivity index (χ0n) is 7.16. The topological polar surface area (TPSA) is 87.2 Å². The normalized spacial score (nSPS) is 9.62. The van der Waals surface area contributed by atoms with Gasteiger partial charge < -0.3 is 10.8 Å². The third kappa shape index (κ3) is 1.84. The highest BCUT2D eigenvalue weighted by molar-refractivity contribution is 5.97. The Morgan fingerprint density at radius 1 is 1.54 bits per heavy atom. The maximum atomic E-state index is 10.6. The van der Waals surface area contributed by atoms with E-state index in [9.17, 15) is 4.79 Å². The Kier molecular flexibility index (Phi) is 2.32. The highest BCUT2D eigenvalue weighted by atomic mass is 16.4. The maximum absolute atomic E-state index is 10.6. The van der Waals surface area contributed by atoms with Crippen LogP contribution in [-0.4, -0.2) is 16.9 Å². The largest absolute Gasteiger partial charge is 0.478 e. The molecular formula is C9H10N2O2. The van der Waals surface area contributed by atoms with Crippen LogP contribution in [0.15, 0.2) is 18.2 Å². The molecule has 0 aromatic heterocycles. The molecule has 0 saturated heterocycles. The third-order valence-electron chi connectivity index (χ3n) is 1.77. The molecule has 4 nitrogen and oxygen atoms in total. The van der Waals surface area contributed by atoms with Crippen molar-refractivity contribution in [2.24, 2.45) is 5.73 Å². The van der Waals surface area contributed by atoms with Gasteiger partial charge in [0.1, 0.15) is 5.84 Å². The van der Waals surface area contributed by atoms with Crippen molar-refractivity contribution in [1.82, 2.24) is 0 Å². The number of nitrogens with one attached hydrogen (secondary N) is 1. The highest BCUT2D eigenvalue weighted by Crippen LogP contribution is 2.10. The molecule has 1 aromatic carbocycles. The number of hydrogen-bond acceptors (Lipinski definition) is 2. The number of nitrogens with two attached hydrogens (primary N) is 1. The van der Waals surface area contributed by atoms with Gasteiger partial charge in [0.05, 0.1) is 5.56 Å². The van der Waals surface area contributed by atoms with E-state index in [0.29, 0.717) is 11.1 Å². The van der Waals surface area contributed by atoms with Crippen molar-refractivity contribution in [1.29, 1.82) is 5.41 Å². The summed E-state index contributed by atoms with van der Waals surface area (Å²) in [6.45, 7) is 1.68. The molecule has 0 heterocycles. The van der Waals surface area contributed by atoms with Crippen molar-refractivity contribution >= 4 is 11.8 Å². The molecule has 68 valence electrons. The number of amidine groups is 1. The average Bonchev–Trinajstić information content (AvgIpc) is 2.03. The van der Waals surface area contributed by atoms with Crippen molar-refractivity contribution in [3.05, 3.63) is 34.9 Å². The minimum atomic E-state index is -0.965. The lowest BCUT2D eigenvalue weighted by molar-refractivity contribution is 0.0696. The van der Waals surface area contributed by atoms with Crippen molar-refractivity contribution < 1.29 is 9.90 Å². The SMILES string of the molecule is Cc1cc(C(=N)N)ccc1C(=O)O. The Hall–Kier alpha value is -1.84. The highest BCUT2D eigenvalue weighted by Gasteiger charge is 2.07. The monoisotopic (exact) mass is 178 g/mol. The molecule has 0 aliphatic rings. The summed E-state index contributed by atoms with van der Waals surface area (Å²) < 4.78 is 0. The first-order valence-electron chi connectivity index (χ1n) is 3.70. The molecule has 0 amide bonds. The summed E-state index contributed by atoms with van der Waals surface area (Å²) in [6.07, 6.45) is 0. The second kappa shape index (κ2) is 3.26. The first-order chi connectivity index (χ1) is 6.02. The van der Waals surface area contributed by atoms with Gasteiger partial charge in [-0.25, -0.2) is 4.79 Å². The summed E-state index contributed by atoms with van der Waals surface area (Å²) >= 11 is 0. The van der Waals surface area contributed by atoms with Crippen molar-refractivity contribution in [2.75, 3.05) is 0 Å². The van der Waals surface area contributed by atoms with Gasteiger partial charge in [0.15, 0.2) is 0 Å². The van der Waals surface area contributed by atoms with Crippen molar-refractivity contribution in [3.8, 4) is 0 Å². The second-order valence-corrected chi connectivity index (χ2v) is 2.75. The fraction of sp³-hybridized carbons (Fsp3) is 0.111. The molecular weight excluding hydrogens is 168 g/mol. The van der Waals surface area contributed by atoms with Gasteiger partial charge in [0.25, 0.3) is 0 Å². The fourth-order valence-corrected chi connectivity index (χ4v) is 1.07. The van der Waals surface area contributed by atoms with Gasteiger partial charge >= 0.3 is 5.97 Å². The van der Waals surface area contributed by atoms with Crippen LogP contribution in [0.2, 0.25) is 0 Å². The van der Waals surface area contributed by atoms with E-state index >= 15 is 0 Å². The van der Waals surface area contributed by atoms with Crippen LogP contribution < -0.4 is 5.73 Å². The van der Waals surface area contributed by atoms with Gasteiger partial charge in [-0.1, -0.05) is 6.07 Å². The quantitative estimate of drug-likeness (QED) is 0.466. The van der Waals surface area contributed by atoms with Crippen LogP contribution in [-0.2, 0) is 0 Å². The predicted octanol–water partition coefficient (Wildman–Crippen LogP) is 0.977. The summed E-state index contributed by atoms with van der Waals surface area (Å²) in [6, 6.07) is 4.57. The Balaban J connectivity index is 3.20. The zero-order chi connectivity index (χ0) is 10.0. The van der Waals surface area contributed by atoms with Crippen LogP contribution in [0.3, 0.4) is 0 Å². The Bertz CT molecular complexity index is 372. The molecule has 0 fully saturated rings. The lowest BCUT2D eigenvalue weighted by atomic mass is 10.0. The number of rotatable bonds is 2. The van der Waals surface area contributed by atoms with E-state index in [2.05, 4.69) is 0 Å². The van der Waals surface area contributed by atoms with E-state index in [1.807, 2.05) is 0 Å². The van der Waals surface area contributed by atoms with Gasteiger partial charge in [-0.3, -0.25) is 5.41 Å². The Morgan fingerprint density at radius 2 is 2.15 bits per heavy atom. The lowest BCUT2D eigenvalue weighted by Gasteiger charge is -2.03. The minimum absolute atomic E-state index is 0.0555. The van der Waals surface area contributed by atoms with Crippen LogP contribution in [0.1, 0.15) is 21.5 Å². The molecule has 0 saturated carbocycles. The molecule has 0 spiro atoms. The van der Waals surface area contributed by atoms with Crippen molar-refractivity contribution in [2.45, 2.75) is 6.92 Å². The van der Waals surface area contributed by atoms with Gasteiger partial charge in [0.2, 0.25) is 0 Å². The number of hydrogen-bond donors (Lipinski definition) is 3. The van der Waals surface area contributed by atoms with Gasteiger partial charge in [-0.05, 0) is 24.6 Å². The number of nitrogen functional groups attached to an aromatic ring is 1. The van der Waals surface area contributed by atoms with E-state index in [4.69, 9.17) is 16.2 Å². The number of carboxylic acids is 1. The second-order valence-electron chi connectivity index (χ2n) is 2.75. The average molecular weight is 178 g/mol. The summed E-state index contributed by atoms with van der Waals surface area (Å²) in [5.74, 6) is -1.02. The molecule has 0 atom stereocenters. The summed E-state index contributed by atoms with van der Waals surface area (Å²) in [4.78, 5) is 10.6. The molecule has 1 aromatic rings. The Labute approximate surface area is 75.5 Å². The molecule has 0 aliphatic carbocycles. The molecule has 4 N–H and O–H groups in total. The third-order valence-corrected chi connectivity index (χ3v) is 1.77. The Morgan fingerprint density at radius 3 is 2.54 bits per heavy atom. The maximum Gasteiger partial charge on any atom is 0.335 e. The van der Waals surface area contributed by atoms with Crippen LogP contribution in [0.5, 0.6) is 0 Å². The van der Waals surface area contributed by atoms with Crippen LogP contribution in [0, 0.1) is 12.3 Å². The molecule has 0 radical (unpaired) electrons. The number of aromatic carboxylic acids is 1. The van der Waals surface area contributed by atoms with Crippen LogP contribution in [0.4, 0.5) is 0 Å². The first-order valence-corrected chi connectivity index (χ1v) is 3.70. The van der Waals surface area contributed by atoms with E-state index < -0.39 is 5.97 Å². The standard InChI is InChI=1S/C9H10N2O2/c1-5-4-6(8(10)11)2-3-7(5)9(12)13/h2-4H,1H3,(H3,10,11)(H,12,13). The van der Waals surface area contributed by atoms with E-state index in [0.717, 1.165) is 0 Å². The number of carbonyl (C=O) groups is 1. The fourth-order valence-electron chi connectivity index (χ4n) is 1.07. The lowest BCUT2D eigenvalue weighted by Crippen LogP contribution is -2.12. The smallest absolute Gasteiger partial charge is 0.335 e. The molecule has 0 aliphatic heterocycles.